The van der Waals surface area contributed by atoms with Gasteiger partial charge in [-0.3, -0.25) is 9.52 Å². The lowest BCUT2D eigenvalue weighted by molar-refractivity contribution is 0.102. The van der Waals surface area contributed by atoms with E-state index in [1.165, 1.54) is 36.0 Å². The highest BCUT2D eigenvalue weighted by Crippen LogP contribution is 2.28. The number of nitrogens with one attached hydrogen (secondary N) is 2. The first-order chi connectivity index (χ1) is 13.8. The van der Waals surface area contributed by atoms with Gasteiger partial charge in [0.15, 0.2) is 0 Å². The summed E-state index contributed by atoms with van der Waals surface area (Å²) in [4.78, 5) is 12.7. The molecular formula is C20H16ClFN2O3S2. The van der Waals surface area contributed by atoms with E-state index in [1.54, 1.807) is 36.4 Å². The maximum absolute atomic E-state index is 14.5. The van der Waals surface area contributed by atoms with Gasteiger partial charge in [-0.05, 0) is 60.9 Å². The largest absolute Gasteiger partial charge is 0.319 e. The van der Waals surface area contributed by atoms with Gasteiger partial charge in [-0.1, -0.05) is 23.7 Å². The minimum atomic E-state index is -4.00. The van der Waals surface area contributed by atoms with Crippen LogP contribution in [0.1, 0.15) is 10.4 Å². The van der Waals surface area contributed by atoms with Gasteiger partial charge < -0.3 is 5.32 Å². The van der Waals surface area contributed by atoms with Crippen molar-refractivity contribution in [2.75, 3.05) is 16.3 Å². The average molecular weight is 451 g/mol. The first-order valence-electron chi connectivity index (χ1n) is 8.32. The molecule has 0 bridgehead atoms. The summed E-state index contributed by atoms with van der Waals surface area (Å²) in [5, 5.41) is 2.89. The highest BCUT2D eigenvalue weighted by Gasteiger charge is 2.19. The van der Waals surface area contributed by atoms with E-state index in [0.29, 0.717) is 16.3 Å². The number of benzene rings is 3. The second kappa shape index (κ2) is 8.86. The molecule has 0 radical (unpaired) electrons. The van der Waals surface area contributed by atoms with Crippen molar-refractivity contribution in [3.63, 3.8) is 0 Å². The van der Waals surface area contributed by atoms with E-state index in [4.69, 9.17) is 11.6 Å². The smallest absolute Gasteiger partial charge is 0.262 e. The molecule has 3 rings (SSSR count). The van der Waals surface area contributed by atoms with Crippen LogP contribution in [0, 0.1) is 5.82 Å². The topological polar surface area (TPSA) is 75.3 Å². The van der Waals surface area contributed by atoms with Crippen LogP contribution >= 0.6 is 23.4 Å². The summed E-state index contributed by atoms with van der Waals surface area (Å²) >= 11 is 7.17. The monoisotopic (exact) mass is 450 g/mol. The van der Waals surface area contributed by atoms with Crippen molar-refractivity contribution in [3.05, 3.63) is 83.1 Å². The summed E-state index contributed by atoms with van der Waals surface area (Å²) in [6.45, 7) is 0. The zero-order valence-electron chi connectivity index (χ0n) is 15.1. The maximum atomic E-state index is 14.5. The second-order valence-corrected chi connectivity index (χ2v) is 8.88. The first kappa shape index (κ1) is 21.2. The maximum Gasteiger partial charge on any atom is 0.262 e. The van der Waals surface area contributed by atoms with Gasteiger partial charge in [0.1, 0.15) is 5.82 Å². The molecule has 0 heterocycles. The fraction of sp³-hybridized carbons (Fsp3) is 0.0500. The molecule has 0 saturated carbocycles. The Kier molecular flexibility index (Phi) is 6.46. The van der Waals surface area contributed by atoms with Crippen LogP contribution in [0.2, 0.25) is 5.02 Å². The van der Waals surface area contributed by atoms with Gasteiger partial charge in [0, 0.05) is 15.5 Å². The predicted molar refractivity (Wildman–Crippen MR) is 115 cm³/mol. The van der Waals surface area contributed by atoms with Gasteiger partial charge in [-0.2, -0.15) is 0 Å². The third-order valence-electron chi connectivity index (χ3n) is 3.96. The molecule has 0 atom stereocenters. The zero-order chi connectivity index (χ0) is 21.0. The Morgan fingerprint density at radius 1 is 1.00 bits per heavy atom. The van der Waals surface area contributed by atoms with Crippen LogP contribution in [0.15, 0.2) is 76.5 Å². The highest BCUT2D eigenvalue weighted by atomic mass is 35.5. The summed E-state index contributed by atoms with van der Waals surface area (Å²) in [7, 11) is -4.00. The van der Waals surface area contributed by atoms with Crippen molar-refractivity contribution in [3.8, 4) is 0 Å². The number of halogens is 2. The first-order valence-corrected chi connectivity index (χ1v) is 11.4. The summed E-state index contributed by atoms with van der Waals surface area (Å²) in [5.74, 6) is -1.41. The Morgan fingerprint density at radius 2 is 1.69 bits per heavy atom. The minimum absolute atomic E-state index is 0.131. The van der Waals surface area contributed by atoms with E-state index in [-0.39, 0.29) is 10.6 Å². The molecule has 0 aliphatic carbocycles. The summed E-state index contributed by atoms with van der Waals surface area (Å²) in [6, 6.07) is 16.3. The molecule has 0 saturated heterocycles. The molecule has 9 heteroatoms. The molecule has 29 heavy (non-hydrogen) atoms. The van der Waals surface area contributed by atoms with Gasteiger partial charge in [0.05, 0.1) is 16.3 Å². The van der Waals surface area contributed by atoms with Crippen molar-refractivity contribution >= 4 is 50.7 Å². The Labute approximate surface area is 177 Å². The van der Waals surface area contributed by atoms with Crippen LogP contribution < -0.4 is 10.0 Å². The normalized spacial score (nSPS) is 11.1. The average Bonchev–Trinajstić information content (AvgIpc) is 2.70. The fourth-order valence-corrected chi connectivity index (χ4v) is 4.33. The SMILES string of the molecule is CSc1ccccc1NS(=O)(=O)c1ccc(NC(=O)c2ccc(Cl)cc2)c(F)c1. The lowest BCUT2D eigenvalue weighted by Gasteiger charge is -2.12. The molecule has 0 aromatic heterocycles. The number of thioether (sulfide) groups is 1. The molecular weight excluding hydrogens is 435 g/mol. The van der Waals surface area contributed by atoms with Crippen molar-refractivity contribution in [2.24, 2.45) is 0 Å². The Morgan fingerprint density at radius 3 is 2.34 bits per heavy atom. The molecule has 150 valence electrons. The number of amides is 1. The molecule has 3 aromatic rings. The van der Waals surface area contributed by atoms with Gasteiger partial charge in [-0.25, -0.2) is 12.8 Å². The van der Waals surface area contributed by atoms with Crippen LogP contribution in [0.3, 0.4) is 0 Å². The van der Waals surface area contributed by atoms with E-state index in [9.17, 15) is 17.6 Å². The lowest BCUT2D eigenvalue weighted by atomic mass is 10.2. The molecule has 1 amide bonds. The number of sulfonamides is 1. The fourth-order valence-electron chi connectivity index (χ4n) is 2.49. The summed E-state index contributed by atoms with van der Waals surface area (Å²) < 4.78 is 42.2. The molecule has 0 aliphatic heterocycles. The third-order valence-corrected chi connectivity index (χ3v) is 6.37. The quantitative estimate of drug-likeness (QED) is 0.502. The number of carbonyl (C=O) groups is 1. The molecule has 5 nitrogen and oxygen atoms in total. The van der Waals surface area contributed by atoms with Crippen molar-refractivity contribution in [1.29, 1.82) is 0 Å². The lowest BCUT2D eigenvalue weighted by Crippen LogP contribution is -2.15. The highest BCUT2D eigenvalue weighted by molar-refractivity contribution is 7.99. The molecule has 0 fully saturated rings. The van der Waals surface area contributed by atoms with Gasteiger partial charge >= 0.3 is 0 Å². The number of hydrogen-bond acceptors (Lipinski definition) is 4. The Balaban J connectivity index is 1.81. The van der Waals surface area contributed by atoms with Crippen LogP contribution in [-0.4, -0.2) is 20.6 Å². The molecule has 0 aliphatic rings. The number of para-hydroxylation sites is 1. The van der Waals surface area contributed by atoms with Crippen molar-refractivity contribution in [2.45, 2.75) is 9.79 Å². The third kappa shape index (κ3) is 5.09. The number of hydrogen-bond donors (Lipinski definition) is 2. The van der Waals surface area contributed by atoms with Crippen LogP contribution in [0.25, 0.3) is 0 Å². The van der Waals surface area contributed by atoms with Gasteiger partial charge in [0.2, 0.25) is 0 Å². The number of anilines is 2. The van der Waals surface area contributed by atoms with E-state index in [0.717, 1.165) is 11.0 Å². The van der Waals surface area contributed by atoms with Gasteiger partial charge in [-0.15, -0.1) is 11.8 Å². The van der Waals surface area contributed by atoms with Crippen LogP contribution in [0.4, 0.5) is 15.8 Å². The summed E-state index contributed by atoms with van der Waals surface area (Å²) in [5.41, 5.74) is 0.565. The van der Waals surface area contributed by atoms with E-state index in [1.807, 2.05) is 6.26 Å². The van der Waals surface area contributed by atoms with E-state index in [2.05, 4.69) is 10.0 Å². The zero-order valence-corrected chi connectivity index (χ0v) is 17.5. The van der Waals surface area contributed by atoms with Crippen molar-refractivity contribution < 1.29 is 17.6 Å². The second-order valence-electron chi connectivity index (χ2n) is 5.91. The number of rotatable bonds is 6. The number of carbonyl (C=O) groups excluding carboxylic acids is 1. The van der Waals surface area contributed by atoms with Crippen LogP contribution in [0.5, 0.6) is 0 Å². The molecule has 0 unspecified atom stereocenters. The molecule has 2 N–H and O–H groups in total. The van der Waals surface area contributed by atoms with Gasteiger partial charge in [0.25, 0.3) is 15.9 Å². The predicted octanol–water partition coefficient (Wildman–Crippen LogP) is 5.25. The molecule has 3 aromatic carbocycles. The molecule has 0 spiro atoms. The van der Waals surface area contributed by atoms with E-state index >= 15 is 0 Å². The van der Waals surface area contributed by atoms with Crippen molar-refractivity contribution in [1.82, 2.24) is 0 Å². The standard InChI is InChI=1S/C20H16ClFN2O3S2/c1-28-19-5-3-2-4-18(19)24-29(26,27)15-10-11-17(16(22)12-15)23-20(25)13-6-8-14(21)9-7-13/h2-12,24H,1H3,(H,23,25). The van der Waals surface area contributed by atoms with E-state index < -0.39 is 21.7 Å². The Bertz CT molecular complexity index is 1150. The van der Waals surface area contributed by atoms with Crippen LogP contribution in [-0.2, 0) is 10.0 Å². The summed E-state index contributed by atoms with van der Waals surface area (Å²) in [6.07, 6.45) is 1.82. The Hall–Kier alpha value is -2.55. The minimum Gasteiger partial charge on any atom is -0.319 e.